The van der Waals surface area contributed by atoms with Crippen LogP contribution >= 0.6 is 15.9 Å². The lowest BCUT2D eigenvalue weighted by Crippen LogP contribution is -1.90. The first-order valence-electron chi connectivity index (χ1n) is 5.17. The highest BCUT2D eigenvalue weighted by atomic mass is 79.9. The van der Waals surface area contributed by atoms with Crippen molar-refractivity contribution < 1.29 is 4.74 Å². The molecule has 0 radical (unpaired) electrons. The second-order valence-electron chi connectivity index (χ2n) is 2.96. The lowest BCUT2D eigenvalue weighted by atomic mass is 10.2. The standard InChI is InChI=1S/C10H9BrN2O.C2H6/c1-6-10-8(11)3-7(14-2)4-9(10)13-5-12-6;1-2/h3-5H,1-2H3;1-2H3. The predicted octanol–water partition coefficient (Wildman–Crippen LogP) is 3.74. The maximum Gasteiger partial charge on any atom is 0.122 e. The highest BCUT2D eigenvalue weighted by Crippen LogP contribution is 2.29. The van der Waals surface area contributed by atoms with E-state index in [1.54, 1.807) is 13.4 Å². The van der Waals surface area contributed by atoms with E-state index in [0.717, 1.165) is 26.8 Å². The van der Waals surface area contributed by atoms with Gasteiger partial charge in [-0.05, 0) is 28.9 Å². The molecule has 0 fully saturated rings. The summed E-state index contributed by atoms with van der Waals surface area (Å²) in [7, 11) is 1.64. The minimum atomic E-state index is 0.794. The van der Waals surface area contributed by atoms with Crippen molar-refractivity contribution in [1.29, 1.82) is 0 Å². The molecule has 4 heteroatoms. The number of benzene rings is 1. The van der Waals surface area contributed by atoms with Gasteiger partial charge in [0.05, 0.1) is 12.6 Å². The van der Waals surface area contributed by atoms with E-state index in [4.69, 9.17) is 4.74 Å². The lowest BCUT2D eigenvalue weighted by Gasteiger charge is -2.05. The molecule has 0 spiro atoms. The summed E-state index contributed by atoms with van der Waals surface area (Å²) < 4.78 is 6.12. The van der Waals surface area contributed by atoms with Gasteiger partial charge in [-0.15, -0.1) is 0 Å². The molecular formula is C12H15BrN2O. The number of methoxy groups -OCH3 is 1. The molecule has 0 bridgehead atoms. The highest BCUT2D eigenvalue weighted by Gasteiger charge is 2.06. The van der Waals surface area contributed by atoms with E-state index in [1.807, 2.05) is 32.9 Å². The smallest absolute Gasteiger partial charge is 0.122 e. The zero-order valence-corrected chi connectivity index (χ0v) is 11.5. The summed E-state index contributed by atoms with van der Waals surface area (Å²) in [6.45, 7) is 5.96. The SMILES string of the molecule is CC.COc1cc(Br)c2c(C)ncnc2c1. The molecule has 0 atom stereocenters. The number of aromatic nitrogens is 2. The summed E-state index contributed by atoms with van der Waals surface area (Å²) in [5, 5.41) is 1.04. The van der Waals surface area contributed by atoms with Crippen molar-refractivity contribution >= 4 is 26.8 Å². The van der Waals surface area contributed by atoms with Crippen LogP contribution in [0.5, 0.6) is 5.75 Å². The van der Waals surface area contributed by atoms with E-state index in [2.05, 4.69) is 25.9 Å². The van der Waals surface area contributed by atoms with E-state index in [0.29, 0.717) is 0 Å². The van der Waals surface area contributed by atoms with Gasteiger partial charge in [-0.2, -0.15) is 0 Å². The molecule has 16 heavy (non-hydrogen) atoms. The molecule has 1 heterocycles. The van der Waals surface area contributed by atoms with Crippen LogP contribution in [0.4, 0.5) is 0 Å². The Balaban J connectivity index is 0.000000606. The number of hydrogen-bond donors (Lipinski definition) is 0. The van der Waals surface area contributed by atoms with Crippen molar-refractivity contribution in [1.82, 2.24) is 9.97 Å². The highest BCUT2D eigenvalue weighted by molar-refractivity contribution is 9.10. The minimum Gasteiger partial charge on any atom is -0.497 e. The van der Waals surface area contributed by atoms with E-state index in [9.17, 15) is 0 Å². The van der Waals surface area contributed by atoms with Crippen LogP contribution < -0.4 is 4.74 Å². The van der Waals surface area contributed by atoms with Crippen LogP contribution in [0.3, 0.4) is 0 Å². The topological polar surface area (TPSA) is 35.0 Å². The van der Waals surface area contributed by atoms with Crippen LogP contribution in [0, 0.1) is 6.92 Å². The largest absolute Gasteiger partial charge is 0.497 e. The summed E-state index contributed by atoms with van der Waals surface area (Å²) in [6, 6.07) is 3.81. The second kappa shape index (κ2) is 5.80. The fourth-order valence-corrected chi connectivity index (χ4v) is 2.10. The molecule has 0 aliphatic rings. The molecule has 0 amide bonds. The molecule has 1 aromatic carbocycles. The van der Waals surface area contributed by atoms with E-state index < -0.39 is 0 Å². The van der Waals surface area contributed by atoms with Crippen LogP contribution in [0.1, 0.15) is 19.5 Å². The van der Waals surface area contributed by atoms with E-state index in [1.165, 1.54) is 0 Å². The van der Waals surface area contributed by atoms with E-state index >= 15 is 0 Å². The Morgan fingerprint density at radius 2 is 1.88 bits per heavy atom. The van der Waals surface area contributed by atoms with Gasteiger partial charge in [0.2, 0.25) is 0 Å². The molecule has 0 aliphatic heterocycles. The maximum absolute atomic E-state index is 5.15. The Labute approximate surface area is 104 Å². The van der Waals surface area contributed by atoms with Gasteiger partial charge in [0.1, 0.15) is 12.1 Å². The second-order valence-corrected chi connectivity index (χ2v) is 3.82. The molecule has 1 aromatic heterocycles. The number of halogens is 1. The average molecular weight is 283 g/mol. The van der Waals surface area contributed by atoms with E-state index in [-0.39, 0.29) is 0 Å². The van der Waals surface area contributed by atoms with Gasteiger partial charge in [0, 0.05) is 21.6 Å². The van der Waals surface area contributed by atoms with Crippen molar-refractivity contribution in [3.8, 4) is 5.75 Å². The fraction of sp³-hybridized carbons (Fsp3) is 0.333. The van der Waals surface area contributed by atoms with Gasteiger partial charge in [0.25, 0.3) is 0 Å². The minimum absolute atomic E-state index is 0.794. The number of fused-ring (bicyclic) bond motifs is 1. The van der Waals surface area contributed by atoms with Crippen LogP contribution in [0.15, 0.2) is 22.9 Å². The number of ether oxygens (including phenoxy) is 1. The van der Waals surface area contributed by atoms with Gasteiger partial charge < -0.3 is 4.74 Å². The van der Waals surface area contributed by atoms with Crippen molar-refractivity contribution in [3.05, 3.63) is 28.6 Å². The number of nitrogens with zero attached hydrogens (tertiary/aromatic N) is 2. The number of aryl methyl sites for hydroxylation is 1. The van der Waals surface area contributed by atoms with Crippen LogP contribution in [-0.2, 0) is 0 Å². The first kappa shape index (κ1) is 12.9. The van der Waals surface area contributed by atoms with Crippen LogP contribution in [0.2, 0.25) is 0 Å². The molecule has 0 saturated heterocycles. The van der Waals surface area contributed by atoms with Crippen molar-refractivity contribution in [3.63, 3.8) is 0 Å². The van der Waals surface area contributed by atoms with Crippen molar-refractivity contribution in [2.45, 2.75) is 20.8 Å². The van der Waals surface area contributed by atoms with Crippen LogP contribution in [-0.4, -0.2) is 17.1 Å². The number of rotatable bonds is 1. The lowest BCUT2D eigenvalue weighted by molar-refractivity contribution is 0.415. The van der Waals surface area contributed by atoms with Gasteiger partial charge >= 0.3 is 0 Å². The van der Waals surface area contributed by atoms with Gasteiger partial charge in [-0.25, -0.2) is 9.97 Å². The number of hydrogen-bond acceptors (Lipinski definition) is 3. The van der Waals surface area contributed by atoms with Crippen LogP contribution in [0.25, 0.3) is 10.9 Å². The molecule has 0 saturated carbocycles. The molecule has 86 valence electrons. The quantitative estimate of drug-likeness (QED) is 0.799. The van der Waals surface area contributed by atoms with Gasteiger partial charge in [0.15, 0.2) is 0 Å². The zero-order valence-electron chi connectivity index (χ0n) is 9.91. The third kappa shape index (κ3) is 2.50. The summed E-state index contributed by atoms with van der Waals surface area (Å²) in [5.74, 6) is 0.794. The van der Waals surface area contributed by atoms with Crippen molar-refractivity contribution in [2.75, 3.05) is 7.11 Å². The Morgan fingerprint density at radius 3 is 2.50 bits per heavy atom. The third-order valence-electron chi connectivity index (χ3n) is 2.09. The summed E-state index contributed by atoms with van der Waals surface area (Å²) >= 11 is 3.48. The van der Waals surface area contributed by atoms with Gasteiger partial charge in [-0.1, -0.05) is 13.8 Å². The summed E-state index contributed by atoms with van der Waals surface area (Å²) in [4.78, 5) is 8.33. The first-order chi connectivity index (χ1) is 7.72. The summed E-state index contributed by atoms with van der Waals surface area (Å²) in [6.07, 6.45) is 1.56. The molecule has 3 nitrogen and oxygen atoms in total. The first-order valence-corrected chi connectivity index (χ1v) is 5.96. The maximum atomic E-state index is 5.15. The molecule has 2 aromatic rings. The van der Waals surface area contributed by atoms with Crippen molar-refractivity contribution in [2.24, 2.45) is 0 Å². The Morgan fingerprint density at radius 1 is 1.19 bits per heavy atom. The fourth-order valence-electron chi connectivity index (χ4n) is 1.39. The molecule has 0 N–H and O–H groups in total. The molecule has 0 aliphatic carbocycles. The molecule has 2 rings (SSSR count). The zero-order chi connectivity index (χ0) is 12.1. The monoisotopic (exact) mass is 282 g/mol. The third-order valence-corrected chi connectivity index (χ3v) is 2.71. The molecule has 0 unspecified atom stereocenters. The Hall–Kier alpha value is -1.16. The normalized spacial score (nSPS) is 9.56. The average Bonchev–Trinajstić information content (AvgIpc) is 2.31. The van der Waals surface area contributed by atoms with Gasteiger partial charge in [-0.3, -0.25) is 0 Å². The Bertz CT molecular complexity index is 486. The summed E-state index contributed by atoms with van der Waals surface area (Å²) in [5.41, 5.74) is 1.85. The predicted molar refractivity (Wildman–Crippen MR) is 69.9 cm³/mol. The molecular weight excluding hydrogens is 268 g/mol. The Kier molecular flexibility index (Phi) is 4.68.